The summed E-state index contributed by atoms with van der Waals surface area (Å²) in [7, 11) is 0. The van der Waals surface area contributed by atoms with Gasteiger partial charge >= 0.3 is 5.97 Å². The minimum absolute atomic E-state index is 0.0630. The Bertz CT molecular complexity index is 721. The van der Waals surface area contributed by atoms with Crippen LogP contribution in [0.3, 0.4) is 0 Å². The second-order valence-corrected chi connectivity index (χ2v) is 6.58. The number of aromatic carboxylic acids is 1. The molecule has 2 aromatic carbocycles. The maximum absolute atomic E-state index is 12.5. The third-order valence-corrected chi connectivity index (χ3v) is 4.29. The fourth-order valence-electron chi connectivity index (χ4n) is 2.35. The molecule has 0 aliphatic rings. The molecule has 0 bridgehead atoms. The van der Waals surface area contributed by atoms with Gasteiger partial charge in [-0.2, -0.15) is 0 Å². The molecular formula is C19H20ClNO3. The third-order valence-electron chi connectivity index (χ3n) is 4.03. The molecule has 5 heteroatoms. The van der Waals surface area contributed by atoms with E-state index in [0.717, 1.165) is 11.1 Å². The molecule has 2 rings (SSSR count). The number of carboxylic acid groups (broad SMARTS) is 1. The van der Waals surface area contributed by atoms with Crippen molar-refractivity contribution in [3.8, 4) is 0 Å². The quantitative estimate of drug-likeness (QED) is 0.839. The van der Waals surface area contributed by atoms with E-state index >= 15 is 0 Å². The Hall–Kier alpha value is -2.33. The highest BCUT2D eigenvalue weighted by Crippen LogP contribution is 2.24. The lowest BCUT2D eigenvalue weighted by Gasteiger charge is -2.24. The summed E-state index contributed by atoms with van der Waals surface area (Å²) >= 11 is 5.89. The van der Waals surface area contributed by atoms with Crippen molar-refractivity contribution in [1.29, 1.82) is 0 Å². The van der Waals surface area contributed by atoms with Gasteiger partial charge in [0.15, 0.2) is 0 Å². The van der Waals surface area contributed by atoms with Crippen LogP contribution < -0.4 is 5.32 Å². The van der Waals surface area contributed by atoms with Crippen molar-refractivity contribution in [2.24, 2.45) is 0 Å². The number of benzene rings is 2. The van der Waals surface area contributed by atoms with Crippen LogP contribution in [0.25, 0.3) is 0 Å². The van der Waals surface area contributed by atoms with Gasteiger partial charge in [-0.15, -0.1) is 0 Å². The van der Waals surface area contributed by atoms with E-state index in [-0.39, 0.29) is 11.5 Å². The van der Waals surface area contributed by atoms with Gasteiger partial charge in [0.25, 0.3) is 0 Å². The summed E-state index contributed by atoms with van der Waals surface area (Å²) in [5.41, 5.74) is 1.48. The minimum Gasteiger partial charge on any atom is -0.478 e. The minimum atomic E-state index is -0.945. The van der Waals surface area contributed by atoms with Gasteiger partial charge in [0.1, 0.15) is 0 Å². The Morgan fingerprint density at radius 3 is 2.17 bits per heavy atom. The monoisotopic (exact) mass is 345 g/mol. The fourth-order valence-corrected chi connectivity index (χ4v) is 2.48. The second-order valence-electron chi connectivity index (χ2n) is 6.14. The van der Waals surface area contributed by atoms with E-state index in [4.69, 9.17) is 16.7 Å². The number of nitrogens with one attached hydrogen (secondary N) is 1. The second kappa shape index (κ2) is 7.49. The van der Waals surface area contributed by atoms with E-state index in [9.17, 15) is 9.59 Å². The van der Waals surface area contributed by atoms with Crippen LogP contribution in [0.4, 0.5) is 0 Å². The number of hydrogen-bond donors (Lipinski definition) is 2. The van der Waals surface area contributed by atoms with Crippen molar-refractivity contribution in [3.05, 3.63) is 70.2 Å². The van der Waals surface area contributed by atoms with Gasteiger partial charge in [0.05, 0.1) is 11.0 Å². The molecule has 0 atom stereocenters. The molecule has 0 aliphatic carbocycles. The molecule has 0 saturated heterocycles. The summed E-state index contributed by atoms with van der Waals surface area (Å²) < 4.78 is 0. The zero-order valence-electron chi connectivity index (χ0n) is 13.7. The van der Waals surface area contributed by atoms with Crippen LogP contribution in [0.2, 0.25) is 5.02 Å². The third kappa shape index (κ3) is 4.36. The zero-order valence-corrected chi connectivity index (χ0v) is 14.4. The van der Waals surface area contributed by atoms with Gasteiger partial charge < -0.3 is 10.4 Å². The first-order valence-corrected chi connectivity index (χ1v) is 8.05. The highest BCUT2D eigenvalue weighted by molar-refractivity contribution is 6.30. The molecule has 24 heavy (non-hydrogen) atoms. The van der Waals surface area contributed by atoms with Crippen molar-refractivity contribution in [2.75, 3.05) is 6.54 Å². The predicted octanol–water partition coefficient (Wildman–Crippen LogP) is 3.67. The van der Waals surface area contributed by atoms with Crippen LogP contribution in [0.15, 0.2) is 48.5 Å². The first kappa shape index (κ1) is 18.0. The van der Waals surface area contributed by atoms with Crippen LogP contribution in [-0.4, -0.2) is 23.5 Å². The van der Waals surface area contributed by atoms with Crippen LogP contribution in [0, 0.1) is 0 Å². The molecule has 1 amide bonds. The van der Waals surface area contributed by atoms with Gasteiger partial charge in [-0.3, -0.25) is 4.79 Å². The molecule has 0 fully saturated rings. The molecule has 0 radical (unpaired) electrons. The Kier molecular flexibility index (Phi) is 5.62. The summed E-state index contributed by atoms with van der Waals surface area (Å²) in [6.45, 7) is 4.22. The molecule has 2 N–H and O–H groups in total. The highest BCUT2D eigenvalue weighted by atomic mass is 35.5. The van der Waals surface area contributed by atoms with E-state index < -0.39 is 11.4 Å². The van der Waals surface area contributed by atoms with Crippen molar-refractivity contribution in [2.45, 2.75) is 25.7 Å². The molecule has 0 saturated carbocycles. The van der Waals surface area contributed by atoms with E-state index in [1.165, 1.54) is 0 Å². The van der Waals surface area contributed by atoms with Gasteiger partial charge in [-0.25, -0.2) is 4.79 Å². The first-order chi connectivity index (χ1) is 11.3. The van der Waals surface area contributed by atoms with E-state index in [1.54, 1.807) is 36.4 Å². The maximum Gasteiger partial charge on any atom is 0.335 e. The average molecular weight is 346 g/mol. The van der Waals surface area contributed by atoms with Crippen LogP contribution in [-0.2, 0) is 16.6 Å². The predicted molar refractivity (Wildman–Crippen MR) is 94.6 cm³/mol. The van der Waals surface area contributed by atoms with Crippen LogP contribution in [0.5, 0.6) is 0 Å². The van der Waals surface area contributed by atoms with Crippen molar-refractivity contribution in [3.63, 3.8) is 0 Å². The summed E-state index contributed by atoms with van der Waals surface area (Å²) in [6.07, 6.45) is 0.641. The molecule has 0 aliphatic heterocycles. The van der Waals surface area contributed by atoms with Gasteiger partial charge in [0, 0.05) is 11.6 Å². The SMILES string of the molecule is CC(C)(C(=O)NCCc1ccc(C(=O)O)cc1)c1ccc(Cl)cc1. The number of amides is 1. The topological polar surface area (TPSA) is 66.4 Å². The van der Waals surface area contributed by atoms with Crippen LogP contribution >= 0.6 is 11.6 Å². The summed E-state index contributed by atoms with van der Waals surface area (Å²) in [5, 5.41) is 12.4. The van der Waals surface area contributed by atoms with E-state index in [2.05, 4.69) is 5.32 Å². The summed E-state index contributed by atoms with van der Waals surface area (Å²) in [4.78, 5) is 23.3. The Balaban J connectivity index is 1.92. The molecule has 0 heterocycles. The van der Waals surface area contributed by atoms with E-state index in [1.807, 2.05) is 26.0 Å². The first-order valence-electron chi connectivity index (χ1n) is 7.67. The van der Waals surface area contributed by atoms with Crippen molar-refractivity contribution >= 4 is 23.5 Å². The number of carbonyl (C=O) groups is 2. The lowest BCUT2D eigenvalue weighted by molar-refractivity contribution is -0.125. The molecule has 2 aromatic rings. The van der Waals surface area contributed by atoms with Gasteiger partial charge in [-0.05, 0) is 55.7 Å². The standard InChI is InChI=1S/C19H20ClNO3/c1-19(2,15-7-9-16(20)10-8-15)18(24)21-12-11-13-3-5-14(6-4-13)17(22)23/h3-10H,11-12H2,1-2H3,(H,21,24)(H,22,23). The Labute approximate surface area is 146 Å². The largest absolute Gasteiger partial charge is 0.478 e. The molecular weight excluding hydrogens is 326 g/mol. The fraction of sp³-hybridized carbons (Fsp3) is 0.263. The smallest absolute Gasteiger partial charge is 0.335 e. The summed E-state index contributed by atoms with van der Waals surface area (Å²) in [6, 6.07) is 13.9. The molecule has 0 spiro atoms. The Morgan fingerprint density at radius 1 is 1.04 bits per heavy atom. The van der Waals surface area contributed by atoms with Gasteiger partial charge in [0.2, 0.25) is 5.91 Å². The highest BCUT2D eigenvalue weighted by Gasteiger charge is 2.29. The van der Waals surface area contributed by atoms with Crippen molar-refractivity contribution < 1.29 is 14.7 Å². The number of halogens is 1. The number of rotatable bonds is 6. The van der Waals surface area contributed by atoms with E-state index in [0.29, 0.717) is 18.0 Å². The number of hydrogen-bond acceptors (Lipinski definition) is 2. The van der Waals surface area contributed by atoms with Gasteiger partial charge in [-0.1, -0.05) is 35.9 Å². The summed E-state index contributed by atoms with van der Waals surface area (Å²) in [5.74, 6) is -1.01. The Morgan fingerprint density at radius 2 is 1.62 bits per heavy atom. The molecule has 0 aromatic heterocycles. The van der Waals surface area contributed by atoms with Crippen LogP contribution in [0.1, 0.15) is 35.3 Å². The lowest BCUT2D eigenvalue weighted by atomic mass is 9.83. The number of carboxylic acids is 1. The maximum atomic E-state index is 12.5. The number of carbonyl (C=O) groups excluding carboxylic acids is 1. The zero-order chi connectivity index (χ0) is 17.7. The van der Waals surface area contributed by atoms with Crippen molar-refractivity contribution in [1.82, 2.24) is 5.32 Å². The lowest BCUT2D eigenvalue weighted by Crippen LogP contribution is -2.40. The molecule has 4 nitrogen and oxygen atoms in total. The molecule has 0 unspecified atom stereocenters. The normalized spacial score (nSPS) is 11.1. The molecule has 126 valence electrons. The average Bonchev–Trinajstić information content (AvgIpc) is 2.55.